The fourth-order valence-electron chi connectivity index (χ4n) is 2.83. The van der Waals surface area contributed by atoms with E-state index in [1.54, 1.807) is 24.9 Å². The number of rotatable bonds is 7. The van der Waals surface area contributed by atoms with Gasteiger partial charge in [0.15, 0.2) is 0 Å². The van der Waals surface area contributed by atoms with Gasteiger partial charge in [0.2, 0.25) is 0 Å². The number of nitrogens with zero attached hydrogens (tertiary/aromatic N) is 2. The lowest BCUT2D eigenvalue weighted by molar-refractivity contribution is 0.0944. The van der Waals surface area contributed by atoms with Crippen molar-refractivity contribution in [3.8, 4) is 17.0 Å². The molecule has 3 rings (SSSR count). The summed E-state index contributed by atoms with van der Waals surface area (Å²) in [5.74, 6) is 0.655. The first-order valence-corrected chi connectivity index (χ1v) is 8.68. The first kappa shape index (κ1) is 17.7. The second kappa shape index (κ2) is 8.34. The van der Waals surface area contributed by atoms with Crippen molar-refractivity contribution in [3.63, 3.8) is 0 Å². The van der Waals surface area contributed by atoms with Crippen molar-refractivity contribution < 1.29 is 9.53 Å². The second-order valence-corrected chi connectivity index (χ2v) is 6.12. The highest BCUT2D eigenvalue weighted by Crippen LogP contribution is 2.23. The standard InChI is InChI=1S/C21H23N3O2/c1-24-20(15-19(23-24)17-11-6-12-18(14-17)26-2)21(25)22-13-7-10-16-8-4-3-5-9-16/h3-6,8-9,11-12,14-15H,7,10,13H2,1-2H3,(H,22,25). The SMILES string of the molecule is COc1cccc(-c2cc(C(=O)NCCCc3ccccc3)n(C)n2)c1. The molecule has 5 heteroatoms. The quantitative estimate of drug-likeness (QED) is 0.665. The average molecular weight is 349 g/mol. The minimum atomic E-state index is -0.109. The predicted octanol–water partition coefficient (Wildman–Crippen LogP) is 3.46. The van der Waals surface area contributed by atoms with E-state index in [0.717, 1.165) is 29.8 Å². The van der Waals surface area contributed by atoms with Crippen molar-refractivity contribution in [1.82, 2.24) is 15.1 Å². The smallest absolute Gasteiger partial charge is 0.269 e. The van der Waals surface area contributed by atoms with Gasteiger partial charge in [-0.2, -0.15) is 5.10 Å². The van der Waals surface area contributed by atoms with Crippen molar-refractivity contribution in [2.45, 2.75) is 12.8 Å². The molecule has 0 spiro atoms. The van der Waals surface area contributed by atoms with Crippen LogP contribution in [0.5, 0.6) is 5.75 Å². The van der Waals surface area contributed by atoms with Crippen LogP contribution < -0.4 is 10.1 Å². The molecule has 0 saturated heterocycles. The highest BCUT2D eigenvalue weighted by molar-refractivity contribution is 5.93. The van der Waals surface area contributed by atoms with Crippen LogP contribution in [0.4, 0.5) is 0 Å². The van der Waals surface area contributed by atoms with Gasteiger partial charge >= 0.3 is 0 Å². The summed E-state index contributed by atoms with van der Waals surface area (Å²) in [6, 6.07) is 19.7. The third kappa shape index (κ3) is 4.30. The van der Waals surface area contributed by atoms with E-state index in [4.69, 9.17) is 4.74 Å². The zero-order valence-electron chi connectivity index (χ0n) is 15.1. The number of aryl methyl sites for hydroxylation is 2. The molecule has 1 heterocycles. The first-order chi connectivity index (χ1) is 12.7. The molecule has 0 fully saturated rings. The van der Waals surface area contributed by atoms with Crippen LogP contribution in [-0.4, -0.2) is 29.3 Å². The first-order valence-electron chi connectivity index (χ1n) is 8.68. The Labute approximate surface area is 153 Å². The second-order valence-electron chi connectivity index (χ2n) is 6.12. The minimum Gasteiger partial charge on any atom is -0.497 e. The summed E-state index contributed by atoms with van der Waals surface area (Å²) in [7, 11) is 3.41. The Bertz CT molecular complexity index is 872. The Hall–Kier alpha value is -3.08. The summed E-state index contributed by atoms with van der Waals surface area (Å²) in [5, 5.41) is 7.43. The molecule has 0 aliphatic rings. The lowest BCUT2D eigenvalue weighted by atomic mass is 10.1. The van der Waals surface area contributed by atoms with E-state index in [1.807, 2.05) is 42.5 Å². The summed E-state index contributed by atoms with van der Waals surface area (Å²) in [6.45, 7) is 0.632. The van der Waals surface area contributed by atoms with E-state index in [2.05, 4.69) is 22.5 Å². The van der Waals surface area contributed by atoms with Crippen LogP contribution in [0.15, 0.2) is 60.7 Å². The number of aromatic nitrogens is 2. The van der Waals surface area contributed by atoms with Crippen molar-refractivity contribution in [3.05, 3.63) is 71.9 Å². The van der Waals surface area contributed by atoms with Crippen LogP contribution in [0.3, 0.4) is 0 Å². The van der Waals surface area contributed by atoms with Crippen LogP contribution in [-0.2, 0) is 13.5 Å². The van der Waals surface area contributed by atoms with Gasteiger partial charge in [0.25, 0.3) is 5.91 Å². The van der Waals surface area contributed by atoms with E-state index in [0.29, 0.717) is 12.2 Å². The number of amides is 1. The molecule has 1 aromatic heterocycles. The topological polar surface area (TPSA) is 56.1 Å². The molecule has 0 aliphatic carbocycles. The fraction of sp³-hybridized carbons (Fsp3) is 0.238. The van der Waals surface area contributed by atoms with Crippen molar-refractivity contribution in [2.75, 3.05) is 13.7 Å². The van der Waals surface area contributed by atoms with Crippen LogP contribution in [0.2, 0.25) is 0 Å². The summed E-state index contributed by atoms with van der Waals surface area (Å²) in [5.41, 5.74) is 3.49. The normalized spacial score (nSPS) is 10.5. The Morgan fingerprint density at radius 3 is 2.69 bits per heavy atom. The molecule has 0 unspecified atom stereocenters. The molecule has 26 heavy (non-hydrogen) atoms. The molecule has 1 N–H and O–H groups in total. The van der Waals surface area contributed by atoms with Crippen LogP contribution in [0.25, 0.3) is 11.3 Å². The van der Waals surface area contributed by atoms with Crippen LogP contribution in [0, 0.1) is 0 Å². The molecule has 2 aromatic carbocycles. The molecule has 0 aliphatic heterocycles. The highest BCUT2D eigenvalue weighted by Gasteiger charge is 2.14. The zero-order valence-corrected chi connectivity index (χ0v) is 15.1. The van der Waals surface area contributed by atoms with Gasteiger partial charge in [-0.15, -0.1) is 0 Å². The molecule has 0 saturated carbocycles. The van der Waals surface area contributed by atoms with Gasteiger partial charge in [0.05, 0.1) is 12.8 Å². The van der Waals surface area contributed by atoms with Crippen LogP contribution in [0.1, 0.15) is 22.5 Å². The van der Waals surface area contributed by atoms with Gasteiger partial charge in [-0.25, -0.2) is 0 Å². The summed E-state index contributed by atoms with van der Waals surface area (Å²) in [4.78, 5) is 12.4. The number of ether oxygens (including phenoxy) is 1. The van der Waals surface area contributed by atoms with Crippen LogP contribution >= 0.6 is 0 Å². The maximum Gasteiger partial charge on any atom is 0.269 e. The minimum absolute atomic E-state index is 0.109. The van der Waals surface area contributed by atoms with E-state index in [9.17, 15) is 4.79 Å². The molecule has 3 aromatic rings. The molecule has 5 nitrogen and oxygen atoms in total. The Kier molecular flexibility index (Phi) is 5.69. The summed E-state index contributed by atoms with van der Waals surface area (Å²) >= 11 is 0. The number of hydrogen-bond acceptors (Lipinski definition) is 3. The van der Waals surface area contributed by atoms with E-state index >= 15 is 0 Å². The third-order valence-electron chi connectivity index (χ3n) is 4.25. The number of methoxy groups -OCH3 is 1. The number of carbonyl (C=O) groups is 1. The molecule has 0 atom stereocenters. The molecule has 0 bridgehead atoms. The van der Waals surface area contributed by atoms with Gasteiger partial charge in [0.1, 0.15) is 11.4 Å². The largest absolute Gasteiger partial charge is 0.497 e. The lowest BCUT2D eigenvalue weighted by Gasteiger charge is -2.05. The molecular formula is C21H23N3O2. The van der Waals surface area contributed by atoms with Gasteiger partial charge in [0, 0.05) is 19.2 Å². The fourth-order valence-corrected chi connectivity index (χ4v) is 2.83. The summed E-state index contributed by atoms with van der Waals surface area (Å²) in [6.07, 6.45) is 1.85. The van der Waals surface area contributed by atoms with Crippen molar-refractivity contribution in [1.29, 1.82) is 0 Å². The van der Waals surface area contributed by atoms with Gasteiger partial charge < -0.3 is 10.1 Å². The third-order valence-corrected chi connectivity index (χ3v) is 4.25. The van der Waals surface area contributed by atoms with Crippen molar-refractivity contribution >= 4 is 5.91 Å². The van der Waals surface area contributed by atoms with Crippen molar-refractivity contribution in [2.24, 2.45) is 7.05 Å². The highest BCUT2D eigenvalue weighted by atomic mass is 16.5. The Balaban J connectivity index is 1.60. The van der Waals surface area contributed by atoms with E-state index < -0.39 is 0 Å². The van der Waals surface area contributed by atoms with E-state index in [1.165, 1.54) is 5.56 Å². The Morgan fingerprint density at radius 2 is 1.92 bits per heavy atom. The average Bonchev–Trinajstić information content (AvgIpc) is 3.08. The maximum atomic E-state index is 12.4. The maximum absolute atomic E-state index is 12.4. The zero-order chi connectivity index (χ0) is 18.4. The monoisotopic (exact) mass is 349 g/mol. The summed E-state index contributed by atoms with van der Waals surface area (Å²) < 4.78 is 6.86. The molecule has 0 radical (unpaired) electrons. The number of benzene rings is 2. The van der Waals surface area contributed by atoms with Gasteiger partial charge in [-0.05, 0) is 36.6 Å². The number of hydrogen-bond donors (Lipinski definition) is 1. The number of carbonyl (C=O) groups excluding carboxylic acids is 1. The molecule has 134 valence electrons. The lowest BCUT2D eigenvalue weighted by Crippen LogP contribution is -2.26. The molecule has 1 amide bonds. The number of nitrogens with one attached hydrogen (secondary N) is 1. The van der Waals surface area contributed by atoms with Gasteiger partial charge in [-0.3, -0.25) is 9.48 Å². The molecular weight excluding hydrogens is 326 g/mol. The van der Waals surface area contributed by atoms with E-state index in [-0.39, 0.29) is 5.91 Å². The van der Waals surface area contributed by atoms with Gasteiger partial charge in [-0.1, -0.05) is 42.5 Å². The predicted molar refractivity (Wildman–Crippen MR) is 102 cm³/mol. The Morgan fingerprint density at radius 1 is 1.12 bits per heavy atom.